The van der Waals surface area contributed by atoms with E-state index in [-0.39, 0.29) is 5.41 Å². The monoisotopic (exact) mass is 160 g/mol. The predicted octanol–water partition coefficient (Wildman–Crippen LogP) is 2.06. The van der Waals surface area contributed by atoms with E-state index in [9.17, 15) is 0 Å². The molecule has 2 heteroatoms. The van der Waals surface area contributed by atoms with Crippen molar-refractivity contribution in [3.63, 3.8) is 0 Å². The van der Waals surface area contributed by atoms with E-state index in [1.54, 1.807) is 0 Å². The van der Waals surface area contributed by atoms with Gasteiger partial charge >= 0.3 is 0 Å². The van der Waals surface area contributed by atoms with Gasteiger partial charge in [0.2, 0.25) is 0 Å². The van der Waals surface area contributed by atoms with E-state index in [0.29, 0.717) is 6.42 Å². The van der Waals surface area contributed by atoms with E-state index in [4.69, 9.17) is 5.26 Å². The molecule has 1 aliphatic rings. The summed E-state index contributed by atoms with van der Waals surface area (Å²) in [4.78, 5) is 0. The lowest BCUT2D eigenvalue weighted by molar-refractivity contribution is 0.480. The van der Waals surface area contributed by atoms with Gasteiger partial charge in [-0.25, -0.2) is 0 Å². The lowest BCUT2D eigenvalue weighted by Crippen LogP contribution is -2.16. The fourth-order valence-electron chi connectivity index (χ4n) is 2.01. The number of nitriles is 1. The molecule has 0 saturated carbocycles. The highest BCUT2D eigenvalue weighted by Gasteiger charge is 2.33. The van der Waals surface area contributed by atoms with E-state index in [2.05, 4.69) is 35.9 Å². The summed E-state index contributed by atoms with van der Waals surface area (Å²) < 4.78 is 2.25. The summed E-state index contributed by atoms with van der Waals surface area (Å²) in [6.45, 7) is 3.25. The molecule has 0 saturated heterocycles. The maximum atomic E-state index is 8.70. The molecule has 0 N–H and O–H groups in total. The summed E-state index contributed by atoms with van der Waals surface area (Å²) in [5.74, 6) is 0. The van der Waals surface area contributed by atoms with Gasteiger partial charge in [0.1, 0.15) is 0 Å². The Morgan fingerprint density at radius 1 is 1.75 bits per heavy atom. The number of hydrogen-bond acceptors (Lipinski definition) is 1. The van der Waals surface area contributed by atoms with Crippen LogP contribution in [0.5, 0.6) is 0 Å². The molecule has 2 heterocycles. The third kappa shape index (κ3) is 0.863. The minimum atomic E-state index is 0.109. The molecule has 12 heavy (non-hydrogen) atoms. The Bertz CT molecular complexity index is 332. The van der Waals surface area contributed by atoms with E-state index in [1.807, 2.05) is 0 Å². The van der Waals surface area contributed by atoms with Crippen molar-refractivity contribution >= 4 is 0 Å². The van der Waals surface area contributed by atoms with Crippen LogP contribution in [0.1, 0.15) is 25.5 Å². The van der Waals surface area contributed by atoms with Gasteiger partial charge in [0, 0.05) is 30.3 Å². The summed E-state index contributed by atoms with van der Waals surface area (Å²) in [6.07, 6.45) is 3.84. The summed E-state index contributed by atoms with van der Waals surface area (Å²) in [5.41, 5.74) is 1.43. The first-order chi connectivity index (χ1) is 5.76. The molecule has 0 aliphatic carbocycles. The van der Waals surface area contributed by atoms with Gasteiger partial charge in [-0.05, 0) is 18.6 Å². The molecule has 0 bridgehead atoms. The lowest BCUT2D eigenvalue weighted by atomic mass is 9.83. The SMILES string of the molecule is C[C@]1(CC#N)CCn2cccc21. The molecule has 1 aromatic heterocycles. The molecule has 0 spiro atoms. The predicted molar refractivity (Wildman–Crippen MR) is 46.6 cm³/mol. The number of nitrogens with zero attached hydrogens (tertiary/aromatic N) is 2. The fraction of sp³-hybridized carbons (Fsp3) is 0.500. The molecule has 0 unspecified atom stereocenters. The largest absolute Gasteiger partial charge is 0.351 e. The number of aryl methyl sites for hydroxylation is 1. The zero-order valence-corrected chi connectivity index (χ0v) is 7.25. The zero-order chi connectivity index (χ0) is 8.60. The first kappa shape index (κ1) is 7.42. The van der Waals surface area contributed by atoms with Crippen LogP contribution in [0.3, 0.4) is 0 Å². The van der Waals surface area contributed by atoms with Crippen molar-refractivity contribution in [2.45, 2.75) is 31.7 Å². The Hall–Kier alpha value is -1.23. The standard InChI is InChI=1S/C10H12N2/c1-10(4-6-11)5-8-12-7-2-3-9(10)12/h2-3,7H,4-5,8H2,1H3/t10-/m0/s1. The highest BCUT2D eigenvalue weighted by Crippen LogP contribution is 2.37. The molecule has 2 nitrogen and oxygen atoms in total. The van der Waals surface area contributed by atoms with Crippen LogP contribution in [0.25, 0.3) is 0 Å². The van der Waals surface area contributed by atoms with Crippen molar-refractivity contribution in [2.24, 2.45) is 0 Å². The molecule has 0 amide bonds. The Morgan fingerprint density at radius 2 is 2.58 bits per heavy atom. The topological polar surface area (TPSA) is 28.7 Å². The van der Waals surface area contributed by atoms with Crippen molar-refractivity contribution in [1.82, 2.24) is 4.57 Å². The maximum Gasteiger partial charge on any atom is 0.0631 e. The quantitative estimate of drug-likeness (QED) is 0.618. The van der Waals surface area contributed by atoms with Gasteiger partial charge in [-0.15, -0.1) is 0 Å². The van der Waals surface area contributed by atoms with Crippen molar-refractivity contribution < 1.29 is 0 Å². The third-order valence-corrected chi connectivity index (χ3v) is 2.82. The van der Waals surface area contributed by atoms with Gasteiger partial charge in [0.15, 0.2) is 0 Å². The summed E-state index contributed by atoms with van der Waals surface area (Å²) in [5, 5.41) is 8.70. The smallest absolute Gasteiger partial charge is 0.0631 e. The van der Waals surface area contributed by atoms with Crippen LogP contribution in [-0.2, 0) is 12.0 Å². The average molecular weight is 160 g/mol. The zero-order valence-electron chi connectivity index (χ0n) is 7.25. The van der Waals surface area contributed by atoms with Crippen LogP contribution in [0.15, 0.2) is 18.3 Å². The van der Waals surface area contributed by atoms with Crippen LogP contribution in [-0.4, -0.2) is 4.57 Å². The second kappa shape index (κ2) is 2.38. The molecule has 0 fully saturated rings. The molecular weight excluding hydrogens is 148 g/mol. The molecule has 2 rings (SSSR count). The third-order valence-electron chi connectivity index (χ3n) is 2.82. The Balaban J connectivity index is 2.39. The number of rotatable bonds is 1. The maximum absolute atomic E-state index is 8.70. The van der Waals surface area contributed by atoms with Crippen molar-refractivity contribution in [3.05, 3.63) is 24.0 Å². The molecule has 1 aromatic rings. The second-order valence-electron chi connectivity index (χ2n) is 3.73. The normalized spacial score (nSPS) is 26.7. The lowest BCUT2D eigenvalue weighted by Gasteiger charge is -2.18. The van der Waals surface area contributed by atoms with Crippen molar-refractivity contribution in [2.75, 3.05) is 0 Å². The van der Waals surface area contributed by atoms with Crippen molar-refractivity contribution in [3.8, 4) is 6.07 Å². The van der Waals surface area contributed by atoms with Crippen LogP contribution >= 0.6 is 0 Å². The summed E-state index contributed by atoms with van der Waals surface area (Å²) >= 11 is 0. The van der Waals surface area contributed by atoms with E-state index >= 15 is 0 Å². The molecule has 1 atom stereocenters. The summed E-state index contributed by atoms with van der Waals surface area (Å²) in [7, 11) is 0. The molecule has 0 aromatic carbocycles. The first-order valence-electron chi connectivity index (χ1n) is 4.29. The van der Waals surface area contributed by atoms with Gasteiger partial charge < -0.3 is 4.57 Å². The summed E-state index contributed by atoms with van der Waals surface area (Å²) in [6, 6.07) is 6.46. The van der Waals surface area contributed by atoms with E-state index in [0.717, 1.165) is 13.0 Å². The Labute approximate surface area is 72.4 Å². The average Bonchev–Trinajstić information content (AvgIpc) is 2.57. The van der Waals surface area contributed by atoms with Gasteiger partial charge in [-0.2, -0.15) is 5.26 Å². The fourth-order valence-corrected chi connectivity index (χ4v) is 2.01. The molecule has 0 radical (unpaired) electrons. The van der Waals surface area contributed by atoms with Gasteiger partial charge in [0.25, 0.3) is 0 Å². The number of fused-ring (bicyclic) bond motifs is 1. The van der Waals surface area contributed by atoms with Gasteiger partial charge in [-0.3, -0.25) is 0 Å². The van der Waals surface area contributed by atoms with E-state index < -0.39 is 0 Å². The molecule has 62 valence electrons. The van der Waals surface area contributed by atoms with Crippen LogP contribution in [0.4, 0.5) is 0 Å². The Morgan fingerprint density at radius 3 is 3.33 bits per heavy atom. The van der Waals surface area contributed by atoms with Crippen LogP contribution in [0.2, 0.25) is 0 Å². The molecular formula is C10H12N2. The van der Waals surface area contributed by atoms with Gasteiger partial charge in [-0.1, -0.05) is 6.92 Å². The number of hydrogen-bond donors (Lipinski definition) is 0. The second-order valence-corrected chi connectivity index (χ2v) is 3.73. The highest BCUT2D eigenvalue weighted by molar-refractivity contribution is 5.23. The van der Waals surface area contributed by atoms with Crippen molar-refractivity contribution in [1.29, 1.82) is 5.26 Å². The Kier molecular flexibility index (Phi) is 1.47. The van der Waals surface area contributed by atoms with Crippen LogP contribution in [0, 0.1) is 11.3 Å². The van der Waals surface area contributed by atoms with E-state index in [1.165, 1.54) is 5.69 Å². The van der Waals surface area contributed by atoms with Crippen LogP contribution < -0.4 is 0 Å². The first-order valence-corrected chi connectivity index (χ1v) is 4.29. The molecule has 1 aliphatic heterocycles. The minimum absolute atomic E-state index is 0.109. The number of aromatic nitrogens is 1. The van der Waals surface area contributed by atoms with Gasteiger partial charge in [0.05, 0.1) is 6.07 Å². The highest BCUT2D eigenvalue weighted by atomic mass is 15.0. The minimum Gasteiger partial charge on any atom is -0.351 e.